The number of aromatic nitrogens is 2. The van der Waals surface area contributed by atoms with Gasteiger partial charge in [0.2, 0.25) is 11.8 Å². The first-order valence-corrected chi connectivity index (χ1v) is 6.86. The number of likely N-dealkylation sites (tertiary alicyclic amines) is 1. The Balaban J connectivity index is 1.89. The lowest BCUT2D eigenvalue weighted by molar-refractivity contribution is -0.120. The number of carbonyl (C=O) groups excluding carboxylic acids is 1. The summed E-state index contributed by atoms with van der Waals surface area (Å²) in [6.45, 7) is 8.17. The molecule has 1 unspecified atom stereocenters. The maximum atomic E-state index is 11.1. The van der Waals surface area contributed by atoms with Crippen LogP contribution in [-0.2, 0) is 11.3 Å². The third-order valence-electron chi connectivity index (χ3n) is 3.27. The molecule has 0 bridgehead atoms. The van der Waals surface area contributed by atoms with Gasteiger partial charge in [-0.2, -0.15) is 4.98 Å². The highest BCUT2D eigenvalue weighted by Gasteiger charge is 2.22. The monoisotopic (exact) mass is 266 g/mol. The Kier molecular flexibility index (Phi) is 4.52. The summed E-state index contributed by atoms with van der Waals surface area (Å²) in [7, 11) is 0. The number of amides is 1. The van der Waals surface area contributed by atoms with Gasteiger partial charge in [-0.15, -0.1) is 0 Å². The van der Waals surface area contributed by atoms with Gasteiger partial charge in [-0.25, -0.2) is 0 Å². The molecule has 1 aliphatic heterocycles. The number of rotatable bonds is 4. The van der Waals surface area contributed by atoms with Crippen LogP contribution in [0.15, 0.2) is 4.52 Å². The fraction of sp³-hybridized carbons (Fsp3) is 0.769. The third kappa shape index (κ3) is 4.02. The normalized spacial score (nSPS) is 20.7. The summed E-state index contributed by atoms with van der Waals surface area (Å²) in [4.78, 5) is 17.7. The van der Waals surface area contributed by atoms with Crippen LogP contribution in [0.2, 0.25) is 0 Å². The smallest absolute Gasteiger partial charge is 0.240 e. The zero-order valence-electron chi connectivity index (χ0n) is 11.8. The summed E-state index contributed by atoms with van der Waals surface area (Å²) in [6, 6.07) is 0.235. The van der Waals surface area contributed by atoms with Crippen LogP contribution in [0.25, 0.3) is 0 Å². The van der Waals surface area contributed by atoms with Gasteiger partial charge in [0.1, 0.15) is 0 Å². The molecule has 1 saturated heterocycles. The van der Waals surface area contributed by atoms with Gasteiger partial charge in [0, 0.05) is 25.4 Å². The van der Waals surface area contributed by atoms with Crippen LogP contribution in [0.4, 0.5) is 0 Å². The minimum Gasteiger partial charge on any atom is -0.352 e. The first-order chi connectivity index (χ1) is 9.04. The molecule has 1 aliphatic rings. The fourth-order valence-corrected chi connectivity index (χ4v) is 2.36. The van der Waals surface area contributed by atoms with Gasteiger partial charge in [0.15, 0.2) is 5.82 Å². The van der Waals surface area contributed by atoms with Crippen molar-refractivity contribution in [2.75, 3.05) is 13.1 Å². The number of nitrogens with one attached hydrogen (secondary N) is 1. The molecular formula is C13H22N4O2. The molecule has 0 aliphatic carbocycles. The van der Waals surface area contributed by atoms with Crippen molar-refractivity contribution < 1.29 is 9.32 Å². The van der Waals surface area contributed by atoms with Gasteiger partial charge in [-0.1, -0.05) is 19.0 Å². The van der Waals surface area contributed by atoms with Crippen LogP contribution in [0.5, 0.6) is 0 Å². The molecule has 0 aromatic carbocycles. The third-order valence-corrected chi connectivity index (χ3v) is 3.27. The second-order valence-corrected chi connectivity index (χ2v) is 5.48. The Morgan fingerprint density at radius 3 is 3.00 bits per heavy atom. The lowest BCUT2D eigenvalue weighted by atomic mass is 10.1. The average Bonchev–Trinajstić information content (AvgIpc) is 2.77. The van der Waals surface area contributed by atoms with Crippen molar-refractivity contribution >= 4 is 5.91 Å². The summed E-state index contributed by atoms with van der Waals surface area (Å²) in [6.07, 6.45) is 2.12. The van der Waals surface area contributed by atoms with Gasteiger partial charge in [-0.05, 0) is 19.4 Å². The van der Waals surface area contributed by atoms with E-state index in [-0.39, 0.29) is 17.9 Å². The molecule has 106 valence electrons. The standard InChI is InChI=1S/C13H22N4O2/c1-9(2)13-15-12(19-16-13)8-17-6-4-5-11(7-17)14-10(3)18/h9,11H,4-8H2,1-3H3,(H,14,18). The van der Waals surface area contributed by atoms with Crippen LogP contribution >= 0.6 is 0 Å². The summed E-state index contributed by atoms with van der Waals surface area (Å²) in [5, 5.41) is 6.94. The predicted molar refractivity (Wildman–Crippen MR) is 70.5 cm³/mol. The maximum absolute atomic E-state index is 11.1. The Bertz CT molecular complexity index is 430. The van der Waals surface area contributed by atoms with E-state index in [1.54, 1.807) is 6.92 Å². The van der Waals surface area contributed by atoms with E-state index < -0.39 is 0 Å². The van der Waals surface area contributed by atoms with E-state index in [1.165, 1.54) is 0 Å². The quantitative estimate of drug-likeness (QED) is 0.889. The topological polar surface area (TPSA) is 71.3 Å². The first kappa shape index (κ1) is 14.0. The molecule has 1 amide bonds. The highest BCUT2D eigenvalue weighted by molar-refractivity contribution is 5.73. The van der Waals surface area contributed by atoms with Crippen molar-refractivity contribution in [3.05, 3.63) is 11.7 Å². The molecular weight excluding hydrogens is 244 g/mol. The Labute approximate surface area is 113 Å². The molecule has 1 aromatic heterocycles. The number of nitrogens with zero attached hydrogens (tertiary/aromatic N) is 3. The second-order valence-electron chi connectivity index (χ2n) is 5.48. The van der Waals surface area contributed by atoms with Gasteiger partial charge < -0.3 is 9.84 Å². The highest BCUT2D eigenvalue weighted by atomic mass is 16.5. The van der Waals surface area contributed by atoms with Crippen molar-refractivity contribution in [3.8, 4) is 0 Å². The van der Waals surface area contributed by atoms with Crippen molar-refractivity contribution in [3.63, 3.8) is 0 Å². The van der Waals surface area contributed by atoms with Gasteiger partial charge in [0.25, 0.3) is 0 Å². The molecule has 2 rings (SSSR count). The summed E-state index contributed by atoms with van der Waals surface area (Å²) in [5.41, 5.74) is 0. The number of carbonyl (C=O) groups is 1. The molecule has 2 heterocycles. The summed E-state index contributed by atoms with van der Waals surface area (Å²) < 4.78 is 5.25. The number of hydrogen-bond donors (Lipinski definition) is 1. The van der Waals surface area contributed by atoms with Crippen LogP contribution < -0.4 is 5.32 Å². The fourth-order valence-electron chi connectivity index (χ4n) is 2.36. The Morgan fingerprint density at radius 2 is 2.37 bits per heavy atom. The van der Waals surface area contributed by atoms with E-state index in [4.69, 9.17) is 4.52 Å². The van der Waals surface area contributed by atoms with E-state index in [1.807, 2.05) is 13.8 Å². The van der Waals surface area contributed by atoms with Crippen molar-refractivity contribution in [2.24, 2.45) is 0 Å². The average molecular weight is 266 g/mol. The molecule has 1 fully saturated rings. The summed E-state index contributed by atoms with van der Waals surface area (Å²) in [5.74, 6) is 1.73. The van der Waals surface area contributed by atoms with E-state index in [0.29, 0.717) is 12.4 Å². The van der Waals surface area contributed by atoms with E-state index in [0.717, 1.165) is 31.8 Å². The predicted octanol–water partition coefficient (Wildman–Crippen LogP) is 1.29. The maximum Gasteiger partial charge on any atom is 0.240 e. The minimum atomic E-state index is 0.0340. The van der Waals surface area contributed by atoms with E-state index in [9.17, 15) is 4.79 Å². The van der Waals surface area contributed by atoms with E-state index >= 15 is 0 Å². The highest BCUT2D eigenvalue weighted by Crippen LogP contribution is 2.15. The molecule has 1 atom stereocenters. The van der Waals surface area contributed by atoms with Crippen LogP contribution in [-0.4, -0.2) is 40.1 Å². The molecule has 0 radical (unpaired) electrons. The van der Waals surface area contributed by atoms with Crippen LogP contribution in [0, 0.1) is 0 Å². The first-order valence-electron chi connectivity index (χ1n) is 6.86. The molecule has 1 aromatic rings. The molecule has 19 heavy (non-hydrogen) atoms. The SMILES string of the molecule is CC(=O)NC1CCCN(Cc2nc(C(C)C)no2)C1. The lowest BCUT2D eigenvalue weighted by Crippen LogP contribution is -2.46. The molecule has 0 saturated carbocycles. The molecule has 1 N–H and O–H groups in total. The van der Waals surface area contributed by atoms with Crippen LogP contribution in [0.3, 0.4) is 0 Å². The van der Waals surface area contributed by atoms with Crippen molar-refractivity contribution in [2.45, 2.75) is 52.1 Å². The molecule has 6 heteroatoms. The number of piperidine rings is 1. The zero-order chi connectivity index (χ0) is 13.8. The minimum absolute atomic E-state index is 0.0340. The van der Waals surface area contributed by atoms with Gasteiger partial charge in [-0.3, -0.25) is 9.69 Å². The second kappa shape index (κ2) is 6.14. The molecule has 6 nitrogen and oxygen atoms in total. The zero-order valence-corrected chi connectivity index (χ0v) is 11.8. The largest absolute Gasteiger partial charge is 0.352 e. The summed E-state index contributed by atoms with van der Waals surface area (Å²) >= 11 is 0. The lowest BCUT2D eigenvalue weighted by Gasteiger charge is -2.31. The van der Waals surface area contributed by atoms with Crippen molar-refractivity contribution in [1.82, 2.24) is 20.4 Å². The van der Waals surface area contributed by atoms with E-state index in [2.05, 4.69) is 20.4 Å². The number of hydrogen-bond acceptors (Lipinski definition) is 5. The van der Waals surface area contributed by atoms with Crippen molar-refractivity contribution in [1.29, 1.82) is 0 Å². The Morgan fingerprint density at radius 1 is 1.58 bits per heavy atom. The Hall–Kier alpha value is -1.43. The molecule has 0 spiro atoms. The van der Waals surface area contributed by atoms with Gasteiger partial charge >= 0.3 is 0 Å². The van der Waals surface area contributed by atoms with Gasteiger partial charge in [0.05, 0.1) is 6.54 Å². The van der Waals surface area contributed by atoms with Crippen LogP contribution in [0.1, 0.15) is 51.2 Å².